The summed E-state index contributed by atoms with van der Waals surface area (Å²) in [5.41, 5.74) is 1.48. The molecular formula is C20H25N5O3. The van der Waals surface area contributed by atoms with Gasteiger partial charge in [-0.15, -0.1) is 0 Å². The molecule has 8 nitrogen and oxygen atoms in total. The lowest BCUT2D eigenvalue weighted by Crippen LogP contribution is -2.50. The summed E-state index contributed by atoms with van der Waals surface area (Å²) < 4.78 is 5.01. The minimum absolute atomic E-state index is 0.156. The average Bonchev–Trinajstić information content (AvgIpc) is 2.72. The van der Waals surface area contributed by atoms with E-state index in [2.05, 4.69) is 15.3 Å². The molecule has 0 unspecified atom stereocenters. The molecule has 8 heteroatoms. The highest BCUT2D eigenvalue weighted by atomic mass is 16.6. The molecule has 0 spiro atoms. The molecule has 0 aliphatic carbocycles. The highest BCUT2D eigenvalue weighted by molar-refractivity contribution is 5.93. The van der Waals surface area contributed by atoms with E-state index >= 15 is 0 Å². The third kappa shape index (κ3) is 4.97. The van der Waals surface area contributed by atoms with Crippen LogP contribution in [0.15, 0.2) is 36.4 Å². The Kier molecular flexibility index (Phi) is 6.41. The number of anilines is 1. The van der Waals surface area contributed by atoms with Crippen LogP contribution in [0.25, 0.3) is 0 Å². The van der Waals surface area contributed by atoms with Crippen LogP contribution in [0.1, 0.15) is 28.8 Å². The Bertz CT molecular complexity index is 820. The maximum atomic E-state index is 12.9. The zero-order valence-electron chi connectivity index (χ0n) is 16.2. The van der Waals surface area contributed by atoms with Gasteiger partial charge in [0, 0.05) is 38.8 Å². The number of ether oxygens (including phenoxy) is 1. The fraction of sp³-hybridized carbons (Fsp3) is 0.400. The highest BCUT2D eigenvalue weighted by Gasteiger charge is 2.26. The summed E-state index contributed by atoms with van der Waals surface area (Å²) in [5.74, 6) is 0.994. The number of benzene rings is 1. The van der Waals surface area contributed by atoms with Crippen molar-refractivity contribution in [1.29, 1.82) is 0 Å². The van der Waals surface area contributed by atoms with E-state index in [0.717, 1.165) is 5.56 Å². The first-order valence-corrected chi connectivity index (χ1v) is 9.41. The molecule has 2 amide bonds. The van der Waals surface area contributed by atoms with Gasteiger partial charge in [-0.3, -0.25) is 4.79 Å². The Labute approximate surface area is 164 Å². The Morgan fingerprint density at radius 2 is 1.75 bits per heavy atom. The number of carbonyl (C=O) groups is 2. The molecule has 1 fully saturated rings. The van der Waals surface area contributed by atoms with Crippen LogP contribution in [-0.4, -0.2) is 64.6 Å². The normalized spacial score (nSPS) is 13.9. The van der Waals surface area contributed by atoms with E-state index in [0.29, 0.717) is 56.7 Å². The van der Waals surface area contributed by atoms with Crippen molar-refractivity contribution in [1.82, 2.24) is 19.8 Å². The Balaban J connectivity index is 1.62. The van der Waals surface area contributed by atoms with Crippen LogP contribution < -0.4 is 5.32 Å². The van der Waals surface area contributed by atoms with Gasteiger partial charge in [0.2, 0.25) is 0 Å². The topological polar surface area (TPSA) is 87.7 Å². The standard InChI is InChI=1S/C20H25N5O3/c1-3-28-20(27)25-11-9-24(10-12-25)19(26)17-13-18(23-15(2)22-17)21-14-16-7-5-4-6-8-16/h4-8,13H,3,9-12,14H2,1-2H3,(H,21,22,23). The SMILES string of the molecule is CCOC(=O)N1CCN(C(=O)c2cc(NCc3ccccc3)nc(C)n2)CC1. The van der Waals surface area contributed by atoms with Crippen molar-refractivity contribution in [3.05, 3.63) is 53.5 Å². The van der Waals surface area contributed by atoms with Gasteiger partial charge < -0.3 is 19.9 Å². The Morgan fingerprint density at radius 3 is 2.43 bits per heavy atom. The number of hydrogen-bond donors (Lipinski definition) is 1. The molecule has 1 saturated heterocycles. The molecule has 2 aromatic rings. The van der Waals surface area contributed by atoms with E-state index in [-0.39, 0.29) is 12.0 Å². The summed E-state index contributed by atoms with van der Waals surface area (Å²) in [6, 6.07) is 11.7. The molecule has 1 aromatic heterocycles. The zero-order chi connectivity index (χ0) is 19.9. The van der Waals surface area contributed by atoms with Gasteiger partial charge in [0.1, 0.15) is 17.3 Å². The van der Waals surface area contributed by atoms with Gasteiger partial charge in [-0.2, -0.15) is 0 Å². The second kappa shape index (κ2) is 9.16. The molecule has 0 atom stereocenters. The van der Waals surface area contributed by atoms with Gasteiger partial charge >= 0.3 is 6.09 Å². The van der Waals surface area contributed by atoms with Gasteiger partial charge in [-0.1, -0.05) is 30.3 Å². The van der Waals surface area contributed by atoms with Crippen LogP contribution in [0.4, 0.5) is 10.6 Å². The number of nitrogens with zero attached hydrogens (tertiary/aromatic N) is 4. The molecule has 1 aromatic carbocycles. The molecule has 148 valence electrons. The summed E-state index contributed by atoms with van der Waals surface area (Å²) in [6.45, 7) is 6.31. The number of aryl methyl sites for hydroxylation is 1. The minimum atomic E-state index is -0.333. The number of carbonyl (C=O) groups excluding carboxylic acids is 2. The fourth-order valence-electron chi connectivity index (χ4n) is 3.03. The Morgan fingerprint density at radius 1 is 1.07 bits per heavy atom. The van der Waals surface area contributed by atoms with Crippen molar-refractivity contribution in [3.63, 3.8) is 0 Å². The molecule has 1 aliphatic rings. The minimum Gasteiger partial charge on any atom is -0.450 e. The first-order valence-electron chi connectivity index (χ1n) is 9.41. The van der Waals surface area contributed by atoms with Crippen LogP contribution in [0.2, 0.25) is 0 Å². The van der Waals surface area contributed by atoms with Crippen molar-refractivity contribution in [3.8, 4) is 0 Å². The van der Waals surface area contributed by atoms with E-state index in [9.17, 15) is 9.59 Å². The van der Waals surface area contributed by atoms with Crippen molar-refractivity contribution in [2.75, 3.05) is 38.1 Å². The molecule has 3 rings (SSSR count). The van der Waals surface area contributed by atoms with Crippen LogP contribution >= 0.6 is 0 Å². The first kappa shape index (κ1) is 19.6. The van der Waals surface area contributed by atoms with Crippen molar-refractivity contribution < 1.29 is 14.3 Å². The maximum Gasteiger partial charge on any atom is 0.409 e. The predicted molar refractivity (Wildman–Crippen MR) is 105 cm³/mol. The van der Waals surface area contributed by atoms with Gasteiger partial charge in [-0.05, 0) is 19.4 Å². The second-order valence-corrected chi connectivity index (χ2v) is 6.50. The number of rotatable bonds is 5. The van der Waals surface area contributed by atoms with Gasteiger partial charge in [0.15, 0.2) is 0 Å². The Hall–Kier alpha value is -3.16. The summed E-state index contributed by atoms with van der Waals surface area (Å²) in [6.07, 6.45) is -0.333. The second-order valence-electron chi connectivity index (χ2n) is 6.50. The van der Waals surface area contributed by atoms with Crippen molar-refractivity contribution in [2.24, 2.45) is 0 Å². The molecule has 1 N–H and O–H groups in total. The van der Waals surface area contributed by atoms with E-state index < -0.39 is 0 Å². The van der Waals surface area contributed by atoms with E-state index in [1.54, 1.807) is 29.7 Å². The molecule has 0 radical (unpaired) electrons. The first-order chi connectivity index (χ1) is 13.6. The molecule has 1 aliphatic heterocycles. The highest BCUT2D eigenvalue weighted by Crippen LogP contribution is 2.13. The lowest BCUT2D eigenvalue weighted by atomic mass is 10.2. The maximum absolute atomic E-state index is 12.9. The van der Waals surface area contributed by atoms with Crippen LogP contribution in [0, 0.1) is 6.92 Å². The zero-order valence-corrected chi connectivity index (χ0v) is 16.2. The van der Waals surface area contributed by atoms with Gasteiger partial charge in [0.25, 0.3) is 5.91 Å². The number of amides is 2. The van der Waals surface area contributed by atoms with E-state index in [1.807, 2.05) is 30.3 Å². The summed E-state index contributed by atoms with van der Waals surface area (Å²) >= 11 is 0. The van der Waals surface area contributed by atoms with Crippen molar-refractivity contribution >= 4 is 17.8 Å². The predicted octanol–water partition coefficient (Wildman–Crippen LogP) is 2.31. The lowest BCUT2D eigenvalue weighted by Gasteiger charge is -2.33. The smallest absolute Gasteiger partial charge is 0.409 e. The third-order valence-corrected chi connectivity index (χ3v) is 4.47. The quantitative estimate of drug-likeness (QED) is 0.853. The van der Waals surface area contributed by atoms with Crippen LogP contribution in [-0.2, 0) is 11.3 Å². The molecular weight excluding hydrogens is 358 g/mol. The largest absolute Gasteiger partial charge is 0.450 e. The average molecular weight is 383 g/mol. The fourth-order valence-corrected chi connectivity index (χ4v) is 3.03. The molecule has 0 bridgehead atoms. The van der Waals surface area contributed by atoms with Gasteiger partial charge in [-0.25, -0.2) is 14.8 Å². The monoisotopic (exact) mass is 383 g/mol. The third-order valence-electron chi connectivity index (χ3n) is 4.47. The number of piperazine rings is 1. The number of aromatic nitrogens is 2. The summed E-state index contributed by atoms with van der Waals surface area (Å²) in [7, 11) is 0. The lowest BCUT2D eigenvalue weighted by molar-refractivity contribution is 0.0565. The van der Waals surface area contributed by atoms with Crippen LogP contribution in [0.3, 0.4) is 0 Å². The van der Waals surface area contributed by atoms with Gasteiger partial charge in [0.05, 0.1) is 6.61 Å². The summed E-state index contributed by atoms with van der Waals surface area (Å²) in [4.78, 5) is 36.6. The van der Waals surface area contributed by atoms with Crippen LogP contribution in [0.5, 0.6) is 0 Å². The van der Waals surface area contributed by atoms with E-state index in [1.165, 1.54) is 0 Å². The molecule has 28 heavy (non-hydrogen) atoms. The van der Waals surface area contributed by atoms with E-state index in [4.69, 9.17) is 4.74 Å². The molecule has 0 saturated carbocycles. The van der Waals surface area contributed by atoms with Crippen molar-refractivity contribution in [2.45, 2.75) is 20.4 Å². The summed E-state index contributed by atoms with van der Waals surface area (Å²) in [5, 5.41) is 3.24. The number of nitrogens with one attached hydrogen (secondary N) is 1. The molecule has 2 heterocycles. The number of hydrogen-bond acceptors (Lipinski definition) is 6.